The lowest BCUT2D eigenvalue weighted by atomic mass is 10.2. The van der Waals surface area contributed by atoms with Crippen LogP contribution >= 0.6 is 0 Å². The smallest absolute Gasteiger partial charge is 0.231 e. The molecule has 1 aromatic carbocycles. The van der Waals surface area contributed by atoms with Gasteiger partial charge in [0.05, 0.1) is 0 Å². The molecule has 0 bridgehead atoms. The van der Waals surface area contributed by atoms with Crippen molar-refractivity contribution >= 4 is 17.5 Å². The van der Waals surface area contributed by atoms with Crippen LogP contribution in [-0.4, -0.2) is 16.8 Å². The molecule has 1 aromatic heterocycles. The van der Waals surface area contributed by atoms with Crippen molar-refractivity contribution in [3.8, 4) is 11.5 Å². The van der Waals surface area contributed by atoms with Crippen LogP contribution in [0.5, 0.6) is 11.5 Å². The summed E-state index contributed by atoms with van der Waals surface area (Å²) in [5.74, 6) is 2.37. The van der Waals surface area contributed by atoms with Gasteiger partial charge in [0.1, 0.15) is 5.82 Å². The maximum atomic E-state index is 5.60. The summed E-state index contributed by atoms with van der Waals surface area (Å²) in [4.78, 5) is 8.12. The van der Waals surface area contributed by atoms with Crippen LogP contribution in [0.2, 0.25) is 0 Å². The van der Waals surface area contributed by atoms with Gasteiger partial charge in [-0.2, -0.15) is 4.98 Å². The number of nitrogens with zero attached hydrogens (tertiary/aromatic N) is 2. The molecule has 0 amide bonds. The molecule has 2 heterocycles. The summed E-state index contributed by atoms with van der Waals surface area (Å²) in [6, 6.07) is 7.42. The molecule has 0 atom stereocenters. The number of nitrogens with two attached hydrogens (primary N) is 1. The monoisotopic (exact) mass is 244 g/mol. The van der Waals surface area contributed by atoms with E-state index in [-0.39, 0.29) is 12.7 Å². The van der Waals surface area contributed by atoms with E-state index < -0.39 is 0 Å². The van der Waals surface area contributed by atoms with Gasteiger partial charge >= 0.3 is 0 Å². The van der Waals surface area contributed by atoms with Gasteiger partial charge in [0.2, 0.25) is 12.7 Å². The van der Waals surface area contributed by atoms with Gasteiger partial charge in [-0.25, -0.2) is 4.98 Å². The van der Waals surface area contributed by atoms with E-state index in [2.05, 4.69) is 15.3 Å². The van der Waals surface area contributed by atoms with E-state index in [9.17, 15) is 0 Å². The molecule has 0 spiro atoms. The molecule has 6 nitrogen and oxygen atoms in total. The van der Waals surface area contributed by atoms with Gasteiger partial charge in [-0.05, 0) is 19.1 Å². The summed E-state index contributed by atoms with van der Waals surface area (Å²) in [5, 5.41) is 3.15. The van der Waals surface area contributed by atoms with Crippen molar-refractivity contribution in [2.24, 2.45) is 0 Å². The molecule has 1 aliphatic heterocycles. The van der Waals surface area contributed by atoms with Crippen molar-refractivity contribution in [2.75, 3.05) is 17.8 Å². The van der Waals surface area contributed by atoms with Crippen LogP contribution in [0.4, 0.5) is 17.5 Å². The van der Waals surface area contributed by atoms with Crippen LogP contribution in [0.3, 0.4) is 0 Å². The second-order valence-corrected chi connectivity index (χ2v) is 3.95. The van der Waals surface area contributed by atoms with Crippen LogP contribution < -0.4 is 20.5 Å². The molecule has 3 rings (SSSR count). The maximum absolute atomic E-state index is 5.60. The summed E-state index contributed by atoms with van der Waals surface area (Å²) in [7, 11) is 0. The van der Waals surface area contributed by atoms with Crippen molar-refractivity contribution in [2.45, 2.75) is 6.92 Å². The predicted molar refractivity (Wildman–Crippen MR) is 67.0 cm³/mol. The highest BCUT2D eigenvalue weighted by Crippen LogP contribution is 2.34. The summed E-state index contributed by atoms with van der Waals surface area (Å²) in [5.41, 5.74) is 7.27. The van der Waals surface area contributed by atoms with Crippen LogP contribution in [0.1, 0.15) is 5.69 Å². The SMILES string of the molecule is Cc1cc(Nc2ccc3c(c2)OCO3)nc(N)n1. The molecular weight excluding hydrogens is 232 g/mol. The third kappa shape index (κ3) is 2.00. The highest BCUT2D eigenvalue weighted by atomic mass is 16.7. The first-order valence-electron chi connectivity index (χ1n) is 5.48. The Hall–Kier alpha value is -2.50. The molecule has 0 radical (unpaired) electrons. The number of benzene rings is 1. The summed E-state index contributed by atoms with van der Waals surface area (Å²) in [6.07, 6.45) is 0. The summed E-state index contributed by atoms with van der Waals surface area (Å²) in [6.45, 7) is 2.13. The number of nitrogens with one attached hydrogen (secondary N) is 1. The topological polar surface area (TPSA) is 82.3 Å². The van der Waals surface area contributed by atoms with Gasteiger partial charge in [-0.3, -0.25) is 0 Å². The summed E-state index contributed by atoms with van der Waals surface area (Å²) < 4.78 is 10.6. The number of hydrogen-bond acceptors (Lipinski definition) is 6. The van der Waals surface area contributed by atoms with Crippen molar-refractivity contribution in [1.82, 2.24) is 9.97 Å². The molecular formula is C12H12N4O2. The minimum atomic E-state index is 0.248. The van der Waals surface area contributed by atoms with Crippen LogP contribution in [-0.2, 0) is 0 Å². The molecule has 0 aliphatic carbocycles. The van der Waals surface area contributed by atoms with Gasteiger partial charge in [0.25, 0.3) is 0 Å². The zero-order chi connectivity index (χ0) is 12.5. The Bertz CT molecular complexity index is 580. The number of ether oxygens (including phenoxy) is 2. The first kappa shape index (κ1) is 10.6. The normalized spacial score (nSPS) is 12.5. The van der Waals surface area contributed by atoms with E-state index in [0.29, 0.717) is 5.82 Å². The molecule has 0 fully saturated rings. The first-order chi connectivity index (χ1) is 8.70. The van der Waals surface area contributed by atoms with E-state index in [1.165, 1.54) is 0 Å². The van der Waals surface area contributed by atoms with Gasteiger partial charge in [0.15, 0.2) is 11.5 Å². The molecule has 0 saturated carbocycles. The van der Waals surface area contributed by atoms with Crippen molar-refractivity contribution in [3.63, 3.8) is 0 Å². The largest absolute Gasteiger partial charge is 0.454 e. The van der Waals surface area contributed by atoms with Gasteiger partial charge in [-0.1, -0.05) is 0 Å². The number of anilines is 3. The van der Waals surface area contributed by atoms with E-state index in [0.717, 1.165) is 22.9 Å². The zero-order valence-corrected chi connectivity index (χ0v) is 9.80. The van der Waals surface area contributed by atoms with Crippen molar-refractivity contribution in [3.05, 3.63) is 30.0 Å². The number of fused-ring (bicyclic) bond motifs is 1. The Morgan fingerprint density at radius 2 is 2.00 bits per heavy atom. The Kier molecular flexibility index (Phi) is 2.40. The minimum Gasteiger partial charge on any atom is -0.454 e. The molecule has 1 aliphatic rings. The van der Waals surface area contributed by atoms with E-state index in [4.69, 9.17) is 15.2 Å². The minimum absolute atomic E-state index is 0.248. The molecule has 92 valence electrons. The quantitative estimate of drug-likeness (QED) is 0.838. The van der Waals surface area contributed by atoms with Crippen molar-refractivity contribution in [1.29, 1.82) is 0 Å². The molecule has 2 aromatic rings. The lowest BCUT2D eigenvalue weighted by Gasteiger charge is -2.07. The second-order valence-electron chi connectivity index (χ2n) is 3.95. The van der Waals surface area contributed by atoms with Crippen molar-refractivity contribution < 1.29 is 9.47 Å². The fourth-order valence-electron chi connectivity index (χ4n) is 1.78. The predicted octanol–water partition coefficient (Wildman–Crippen LogP) is 1.84. The number of hydrogen-bond donors (Lipinski definition) is 2. The highest BCUT2D eigenvalue weighted by molar-refractivity contribution is 5.62. The third-order valence-corrected chi connectivity index (χ3v) is 2.52. The molecule has 0 unspecified atom stereocenters. The second kappa shape index (κ2) is 4.06. The fourth-order valence-corrected chi connectivity index (χ4v) is 1.78. The Balaban J connectivity index is 1.88. The highest BCUT2D eigenvalue weighted by Gasteiger charge is 2.13. The number of nitrogen functional groups attached to an aromatic ring is 1. The average Bonchev–Trinajstić information content (AvgIpc) is 2.74. The van der Waals surface area contributed by atoms with Crippen LogP contribution in [0, 0.1) is 6.92 Å². The Morgan fingerprint density at radius 3 is 2.83 bits per heavy atom. The molecule has 6 heteroatoms. The van der Waals surface area contributed by atoms with Crippen LogP contribution in [0.15, 0.2) is 24.3 Å². The zero-order valence-electron chi connectivity index (χ0n) is 9.80. The Labute approximate surface area is 104 Å². The molecule has 0 saturated heterocycles. The first-order valence-corrected chi connectivity index (χ1v) is 5.48. The number of aromatic nitrogens is 2. The third-order valence-electron chi connectivity index (χ3n) is 2.52. The van der Waals surface area contributed by atoms with E-state index in [1.54, 1.807) is 0 Å². The number of rotatable bonds is 2. The van der Waals surface area contributed by atoms with Gasteiger partial charge in [-0.15, -0.1) is 0 Å². The van der Waals surface area contributed by atoms with E-state index in [1.807, 2.05) is 31.2 Å². The molecule has 18 heavy (non-hydrogen) atoms. The fraction of sp³-hybridized carbons (Fsp3) is 0.167. The van der Waals surface area contributed by atoms with Gasteiger partial charge in [0, 0.05) is 23.5 Å². The van der Waals surface area contributed by atoms with E-state index >= 15 is 0 Å². The van der Waals surface area contributed by atoms with Gasteiger partial charge < -0.3 is 20.5 Å². The lowest BCUT2D eigenvalue weighted by molar-refractivity contribution is 0.174. The lowest BCUT2D eigenvalue weighted by Crippen LogP contribution is -2.01. The average molecular weight is 244 g/mol. The Morgan fingerprint density at radius 1 is 1.17 bits per heavy atom. The standard InChI is InChI=1S/C12H12N4O2/c1-7-4-11(16-12(13)14-7)15-8-2-3-9-10(5-8)18-6-17-9/h2-5H,6H2,1H3,(H3,13,14,15,16). The summed E-state index contributed by atoms with van der Waals surface area (Å²) >= 11 is 0. The maximum Gasteiger partial charge on any atom is 0.231 e. The molecule has 3 N–H and O–H groups in total. The van der Waals surface area contributed by atoms with Crippen LogP contribution in [0.25, 0.3) is 0 Å². The number of aryl methyl sites for hydroxylation is 1.